The zero-order valence-electron chi connectivity index (χ0n) is 11.8. The minimum Gasteiger partial charge on any atom is -0.480 e. The van der Waals surface area contributed by atoms with Gasteiger partial charge >= 0.3 is 5.97 Å². The molecular formula is C16H19NO4. The molecule has 0 radical (unpaired) electrons. The Morgan fingerprint density at radius 3 is 2.86 bits per heavy atom. The van der Waals surface area contributed by atoms with E-state index in [1.165, 1.54) is 17.2 Å². The molecule has 0 aromatic heterocycles. The Hall–Kier alpha value is -2.14. The number of carbonyl (C=O) groups excluding carboxylic acids is 1. The van der Waals surface area contributed by atoms with Gasteiger partial charge in [0.25, 0.3) is 5.91 Å². The predicted molar refractivity (Wildman–Crippen MR) is 78.4 cm³/mol. The summed E-state index contributed by atoms with van der Waals surface area (Å²) in [6.45, 7) is 3.65. The fraction of sp³-hybridized carbons (Fsp3) is 0.375. The van der Waals surface area contributed by atoms with Crippen molar-refractivity contribution >= 4 is 11.9 Å². The van der Waals surface area contributed by atoms with Crippen LogP contribution in [0.25, 0.3) is 0 Å². The normalized spacial score (nSPS) is 14.3. The van der Waals surface area contributed by atoms with Crippen LogP contribution in [0.4, 0.5) is 0 Å². The van der Waals surface area contributed by atoms with Crippen molar-refractivity contribution in [2.75, 3.05) is 13.2 Å². The van der Waals surface area contributed by atoms with Crippen molar-refractivity contribution in [3.63, 3.8) is 0 Å². The Morgan fingerprint density at radius 2 is 2.14 bits per heavy atom. The number of ether oxygens (including phenoxy) is 1. The quantitative estimate of drug-likeness (QED) is 0.590. The van der Waals surface area contributed by atoms with Crippen LogP contribution in [0.3, 0.4) is 0 Å². The Kier molecular flexibility index (Phi) is 5.11. The lowest BCUT2D eigenvalue weighted by Crippen LogP contribution is -2.44. The van der Waals surface area contributed by atoms with Gasteiger partial charge in [0.1, 0.15) is 0 Å². The summed E-state index contributed by atoms with van der Waals surface area (Å²) in [6.07, 6.45) is 4.65. The molecule has 1 aliphatic rings. The van der Waals surface area contributed by atoms with Gasteiger partial charge in [-0.3, -0.25) is 4.79 Å². The molecule has 2 N–H and O–H groups in total. The molecule has 0 aliphatic heterocycles. The summed E-state index contributed by atoms with van der Waals surface area (Å²) in [6, 6.07) is 4.47. The third-order valence-electron chi connectivity index (χ3n) is 3.48. The van der Waals surface area contributed by atoms with E-state index in [1.54, 1.807) is 6.07 Å². The monoisotopic (exact) mass is 289 g/mol. The maximum atomic E-state index is 12.1. The zero-order valence-corrected chi connectivity index (χ0v) is 11.8. The number of fused-ring (bicyclic) bond motifs is 1. The first-order valence-corrected chi connectivity index (χ1v) is 6.96. The van der Waals surface area contributed by atoms with E-state index in [0.29, 0.717) is 5.56 Å². The number of nitrogens with one attached hydrogen (secondary N) is 1. The zero-order chi connectivity index (χ0) is 15.2. The number of rotatable bonds is 7. The van der Waals surface area contributed by atoms with Crippen molar-refractivity contribution in [1.29, 1.82) is 0 Å². The van der Waals surface area contributed by atoms with E-state index in [4.69, 9.17) is 9.84 Å². The minimum atomic E-state index is -1.12. The second-order valence-electron chi connectivity index (χ2n) is 5.03. The van der Waals surface area contributed by atoms with Crippen molar-refractivity contribution in [3.8, 4) is 0 Å². The molecule has 2 rings (SSSR count). The van der Waals surface area contributed by atoms with Gasteiger partial charge in [-0.1, -0.05) is 12.1 Å². The third-order valence-corrected chi connectivity index (χ3v) is 3.48. The molecule has 0 bridgehead atoms. The number of hydrogen-bond acceptors (Lipinski definition) is 3. The van der Waals surface area contributed by atoms with Crippen molar-refractivity contribution in [3.05, 3.63) is 47.5 Å². The lowest BCUT2D eigenvalue weighted by Gasteiger charge is -2.14. The Morgan fingerprint density at radius 1 is 1.38 bits per heavy atom. The van der Waals surface area contributed by atoms with Crippen molar-refractivity contribution in [2.24, 2.45) is 0 Å². The highest BCUT2D eigenvalue weighted by molar-refractivity contribution is 5.96. The van der Waals surface area contributed by atoms with Gasteiger partial charge in [-0.15, -0.1) is 6.58 Å². The Balaban J connectivity index is 2.01. The lowest BCUT2D eigenvalue weighted by atomic mass is 10.1. The number of amides is 1. The van der Waals surface area contributed by atoms with Crippen molar-refractivity contribution < 1.29 is 19.4 Å². The van der Waals surface area contributed by atoms with E-state index in [9.17, 15) is 9.59 Å². The molecule has 0 saturated heterocycles. The number of carboxylic acids is 1. The first kappa shape index (κ1) is 15.3. The first-order chi connectivity index (χ1) is 10.1. The number of hydrogen-bond donors (Lipinski definition) is 2. The van der Waals surface area contributed by atoms with E-state index in [1.807, 2.05) is 12.1 Å². The summed E-state index contributed by atoms with van der Waals surface area (Å²) in [4.78, 5) is 23.3. The molecule has 5 nitrogen and oxygen atoms in total. The van der Waals surface area contributed by atoms with Crippen LogP contribution in [0.15, 0.2) is 30.9 Å². The second kappa shape index (κ2) is 7.04. The molecule has 1 atom stereocenters. The molecule has 112 valence electrons. The number of carboxylic acid groups (broad SMARTS) is 1. The molecule has 5 heteroatoms. The van der Waals surface area contributed by atoms with Crippen LogP contribution in [0.2, 0.25) is 0 Å². The number of aliphatic carboxylic acids is 1. The number of aryl methyl sites for hydroxylation is 2. The molecule has 0 fully saturated rings. The average Bonchev–Trinajstić information content (AvgIpc) is 2.93. The molecule has 1 aromatic rings. The summed E-state index contributed by atoms with van der Waals surface area (Å²) < 4.78 is 5.10. The molecule has 21 heavy (non-hydrogen) atoms. The highest BCUT2D eigenvalue weighted by atomic mass is 16.5. The average molecular weight is 289 g/mol. The van der Waals surface area contributed by atoms with Crippen molar-refractivity contribution in [2.45, 2.75) is 25.3 Å². The van der Waals surface area contributed by atoms with E-state index < -0.39 is 12.0 Å². The summed E-state index contributed by atoms with van der Waals surface area (Å²) in [7, 11) is 0. The summed E-state index contributed by atoms with van der Waals surface area (Å²) in [5.41, 5.74) is 2.94. The molecular weight excluding hydrogens is 270 g/mol. The Labute approximate surface area is 123 Å². The van der Waals surface area contributed by atoms with Gasteiger partial charge in [0.05, 0.1) is 13.2 Å². The van der Waals surface area contributed by atoms with E-state index in [-0.39, 0.29) is 19.1 Å². The van der Waals surface area contributed by atoms with Crippen LogP contribution in [0.5, 0.6) is 0 Å². The van der Waals surface area contributed by atoms with Gasteiger partial charge in [0.2, 0.25) is 0 Å². The first-order valence-electron chi connectivity index (χ1n) is 6.96. The van der Waals surface area contributed by atoms with Crippen molar-refractivity contribution in [1.82, 2.24) is 5.32 Å². The fourth-order valence-electron chi connectivity index (χ4n) is 2.40. The topological polar surface area (TPSA) is 75.6 Å². The maximum absolute atomic E-state index is 12.1. The van der Waals surface area contributed by atoms with E-state index >= 15 is 0 Å². The fourth-order valence-corrected chi connectivity index (χ4v) is 2.40. The Bertz CT molecular complexity index is 553. The van der Waals surface area contributed by atoms with E-state index in [2.05, 4.69) is 11.9 Å². The largest absolute Gasteiger partial charge is 0.480 e. The van der Waals surface area contributed by atoms with Gasteiger partial charge < -0.3 is 15.2 Å². The molecule has 0 spiro atoms. The van der Waals surface area contributed by atoms with E-state index in [0.717, 1.165) is 19.3 Å². The van der Waals surface area contributed by atoms with Crippen LogP contribution >= 0.6 is 0 Å². The molecule has 1 aliphatic carbocycles. The summed E-state index contributed by atoms with van der Waals surface area (Å²) >= 11 is 0. The van der Waals surface area contributed by atoms with Gasteiger partial charge in [-0.2, -0.15) is 0 Å². The van der Waals surface area contributed by atoms with Gasteiger partial charge in [0, 0.05) is 5.56 Å². The van der Waals surface area contributed by atoms with Gasteiger partial charge in [-0.25, -0.2) is 4.79 Å². The van der Waals surface area contributed by atoms with Crippen LogP contribution in [0.1, 0.15) is 27.9 Å². The van der Waals surface area contributed by atoms with Crippen LogP contribution < -0.4 is 5.32 Å². The molecule has 1 unspecified atom stereocenters. The van der Waals surface area contributed by atoms with Crippen LogP contribution in [-0.2, 0) is 22.4 Å². The molecule has 1 amide bonds. The predicted octanol–water partition coefficient (Wildman–Crippen LogP) is 1.56. The standard InChI is InChI=1S/C16H19NO4/c1-2-8-21-10-14(16(19)20)17-15(18)13-7-6-11-4-3-5-12(11)9-13/h2,6-7,9,14H,1,3-5,8,10H2,(H,17,18)(H,19,20). The highest BCUT2D eigenvalue weighted by Crippen LogP contribution is 2.22. The molecule has 0 saturated carbocycles. The third kappa shape index (κ3) is 3.92. The van der Waals surface area contributed by atoms with Crippen LogP contribution in [-0.4, -0.2) is 36.2 Å². The number of benzene rings is 1. The maximum Gasteiger partial charge on any atom is 0.328 e. The SMILES string of the molecule is C=CCOCC(NC(=O)c1ccc2c(c1)CCC2)C(=O)O. The molecule has 1 aromatic carbocycles. The van der Waals surface area contributed by atoms with Gasteiger partial charge in [0.15, 0.2) is 6.04 Å². The minimum absolute atomic E-state index is 0.0853. The van der Waals surface area contributed by atoms with Gasteiger partial charge in [-0.05, 0) is 42.5 Å². The summed E-state index contributed by atoms with van der Waals surface area (Å²) in [5.74, 6) is -1.51. The number of carbonyl (C=O) groups is 2. The lowest BCUT2D eigenvalue weighted by molar-refractivity contribution is -0.140. The van der Waals surface area contributed by atoms with Crippen LogP contribution in [0, 0.1) is 0 Å². The molecule has 0 heterocycles. The highest BCUT2D eigenvalue weighted by Gasteiger charge is 2.21. The summed E-state index contributed by atoms with van der Waals surface area (Å²) in [5, 5.41) is 11.6. The smallest absolute Gasteiger partial charge is 0.328 e. The second-order valence-corrected chi connectivity index (χ2v) is 5.03.